The van der Waals surface area contributed by atoms with Gasteiger partial charge in [-0.3, -0.25) is 0 Å². The minimum atomic E-state index is -0.0783. The minimum absolute atomic E-state index is 0.0658. The molecule has 0 radical (unpaired) electrons. The van der Waals surface area contributed by atoms with Crippen LogP contribution in [0.5, 0.6) is 11.5 Å². The molecule has 2 N–H and O–H groups in total. The van der Waals surface area contributed by atoms with Gasteiger partial charge in [-0.25, -0.2) is 0 Å². The number of nitrogens with zero attached hydrogens (tertiary/aromatic N) is 1. The summed E-state index contributed by atoms with van der Waals surface area (Å²) in [6.07, 6.45) is 0.782. The molecule has 0 fully saturated rings. The molecule has 0 spiro atoms. The van der Waals surface area contributed by atoms with Crippen LogP contribution in [0.4, 0.5) is 0 Å². The zero-order valence-corrected chi connectivity index (χ0v) is 12.2. The molecule has 0 aliphatic carbocycles. The molecule has 20 heavy (non-hydrogen) atoms. The summed E-state index contributed by atoms with van der Waals surface area (Å²) in [6, 6.07) is 13.7. The molecule has 3 heteroatoms. The van der Waals surface area contributed by atoms with Crippen molar-refractivity contribution in [2.75, 3.05) is 14.1 Å². The van der Waals surface area contributed by atoms with Crippen LogP contribution < -0.4 is 0 Å². The second-order valence-electron chi connectivity index (χ2n) is 5.42. The van der Waals surface area contributed by atoms with Crippen LogP contribution in [0.25, 0.3) is 0 Å². The monoisotopic (exact) mass is 271 g/mol. The first kappa shape index (κ1) is 14.4. The number of phenolic OH excluding ortho intramolecular Hbond substituents is 2. The van der Waals surface area contributed by atoms with E-state index in [2.05, 4.69) is 36.1 Å². The van der Waals surface area contributed by atoms with Gasteiger partial charge in [0.05, 0.1) is 0 Å². The average molecular weight is 271 g/mol. The lowest BCUT2D eigenvalue weighted by atomic mass is 9.97. The Labute approximate surface area is 120 Å². The molecule has 1 unspecified atom stereocenters. The van der Waals surface area contributed by atoms with Gasteiger partial charge in [0, 0.05) is 6.04 Å². The number of hydrogen-bond donors (Lipinski definition) is 2. The standard InChI is InChI=1S/C17H21NO2/c1-12-4-7-14(8-5-12)15(18(2)3)10-13-6-9-16(19)17(20)11-13/h4-9,11,15,19-20H,10H2,1-3H3. The highest BCUT2D eigenvalue weighted by molar-refractivity contribution is 5.41. The van der Waals surface area contributed by atoms with E-state index < -0.39 is 0 Å². The number of likely N-dealkylation sites (N-methyl/N-ethyl adjacent to an activating group) is 1. The second kappa shape index (κ2) is 5.97. The highest BCUT2D eigenvalue weighted by Gasteiger charge is 2.15. The summed E-state index contributed by atoms with van der Waals surface area (Å²) in [4.78, 5) is 2.16. The third-order valence-electron chi connectivity index (χ3n) is 3.55. The van der Waals surface area contributed by atoms with E-state index in [0.717, 1.165) is 12.0 Å². The fraction of sp³-hybridized carbons (Fsp3) is 0.294. The predicted octanol–water partition coefficient (Wildman–Crippen LogP) is 3.25. The normalized spacial score (nSPS) is 12.6. The first-order valence-electron chi connectivity index (χ1n) is 6.71. The highest BCUT2D eigenvalue weighted by Crippen LogP contribution is 2.29. The largest absolute Gasteiger partial charge is 0.504 e. The van der Waals surface area contributed by atoms with Crippen molar-refractivity contribution in [2.24, 2.45) is 0 Å². The van der Waals surface area contributed by atoms with Gasteiger partial charge in [0.25, 0.3) is 0 Å². The molecule has 2 aromatic rings. The second-order valence-corrected chi connectivity index (χ2v) is 5.42. The fourth-order valence-electron chi connectivity index (χ4n) is 2.31. The Kier molecular flexibility index (Phi) is 4.30. The van der Waals surface area contributed by atoms with Crippen LogP contribution in [0.1, 0.15) is 22.7 Å². The van der Waals surface area contributed by atoms with Crippen molar-refractivity contribution in [1.82, 2.24) is 4.90 Å². The molecule has 106 valence electrons. The molecule has 0 saturated heterocycles. The number of aryl methyl sites for hydroxylation is 1. The van der Waals surface area contributed by atoms with E-state index >= 15 is 0 Å². The van der Waals surface area contributed by atoms with Gasteiger partial charge < -0.3 is 15.1 Å². The molecule has 0 bridgehead atoms. The molecule has 2 rings (SSSR count). The van der Waals surface area contributed by atoms with E-state index in [4.69, 9.17) is 0 Å². The summed E-state index contributed by atoms with van der Waals surface area (Å²) in [5.74, 6) is -0.144. The van der Waals surface area contributed by atoms with E-state index in [1.165, 1.54) is 17.2 Å². The molecule has 1 atom stereocenters. The Morgan fingerprint density at radius 2 is 1.60 bits per heavy atom. The quantitative estimate of drug-likeness (QED) is 0.839. The maximum Gasteiger partial charge on any atom is 0.157 e. The van der Waals surface area contributed by atoms with Crippen LogP contribution in [0.2, 0.25) is 0 Å². The zero-order chi connectivity index (χ0) is 14.7. The maximum atomic E-state index is 9.59. The summed E-state index contributed by atoms with van der Waals surface area (Å²) >= 11 is 0. The van der Waals surface area contributed by atoms with Crippen LogP contribution in [-0.2, 0) is 6.42 Å². The molecule has 0 heterocycles. The lowest BCUT2D eigenvalue weighted by Crippen LogP contribution is -2.22. The van der Waals surface area contributed by atoms with Crippen LogP contribution in [0.3, 0.4) is 0 Å². The van der Waals surface area contributed by atoms with Crippen molar-refractivity contribution in [2.45, 2.75) is 19.4 Å². The third kappa shape index (κ3) is 3.31. The summed E-state index contributed by atoms with van der Waals surface area (Å²) in [7, 11) is 4.09. The Bertz CT molecular complexity index is 576. The topological polar surface area (TPSA) is 43.7 Å². The molecular weight excluding hydrogens is 250 g/mol. The van der Waals surface area contributed by atoms with Crippen LogP contribution >= 0.6 is 0 Å². The molecule has 3 nitrogen and oxygen atoms in total. The van der Waals surface area contributed by atoms with Crippen LogP contribution in [-0.4, -0.2) is 29.2 Å². The zero-order valence-electron chi connectivity index (χ0n) is 12.2. The van der Waals surface area contributed by atoms with Crippen LogP contribution in [0.15, 0.2) is 42.5 Å². The van der Waals surface area contributed by atoms with Crippen molar-refractivity contribution in [3.63, 3.8) is 0 Å². The Balaban J connectivity index is 2.25. The molecule has 0 aliphatic heterocycles. The lowest BCUT2D eigenvalue weighted by molar-refractivity contribution is 0.297. The Morgan fingerprint density at radius 1 is 0.950 bits per heavy atom. The van der Waals surface area contributed by atoms with Gasteiger partial charge in [-0.15, -0.1) is 0 Å². The number of rotatable bonds is 4. The SMILES string of the molecule is Cc1ccc(C(Cc2ccc(O)c(O)c2)N(C)C)cc1. The maximum absolute atomic E-state index is 9.59. The van der Waals surface area contributed by atoms with Crippen molar-refractivity contribution in [3.8, 4) is 11.5 Å². The third-order valence-corrected chi connectivity index (χ3v) is 3.55. The van der Waals surface area contributed by atoms with Gasteiger partial charge in [-0.2, -0.15) is 0 Å². The molecule has 2 aromatic carbocycles. The van der Waals surface area contributed by atoms with Gasteiger partial charge >= 0.3 is 0 Å². The number of phenols is 2. The van der Waals surface area contributed by atoms with Crippen molar-refractivity contribution < 1.29 is 10.2 Å². The lowest BCUT2D eigenvalue weighted by Gasteiger charge is -2.25. The summed E-state index contributed by atoms with van der Waals surface area (Å²) < 4.78 is 0. The summed E-state index contributed by atoms with van der Waals surface area (Å²) in [5.41, 5.74) is 3.49. The van der Waals surface area contributed by atoms with Crippen molar-refractivity contribution >= 4 is 0 Å². The van der Waals surface area contributed by atoms with E-state index in [0.29, 0.717) is 0 Å². The van der Waals surface area contributed by atoms with Gasteiger partial charge in [-0.05, 0) is 50.7 Å². The van der Waals surface area contributed by atoms with E-state index in [1.807, 2.05) is 20.2 Å². The van der Waals surface area contributed by atoms with Crippen molar-refractivity contribution in [3.05, 3.63) is 59.2 Å². The van der Waals surface area contributed by atoms with E-state index in [-0.39, 0.29) is 17.5 Å². The number of hydrogen-bond acceptors (Lipinski definition) is 3. The fourth-order valence-corrected chi connectivity index (χ4v) is 2.31. The van der Waals surface area contributed by atoms with Gasteiger partial charge in [0.2, 0.25) is 0 Å². The molecule has 0 aliphatic rings. The molecule has 0 saturated carbocycles. The van der Waals surface area contributed by atoms with E-state index in [1.54, 1.807) is 6.07 Å². The van der Waals surface area contributed by atoms with Gasteiger partial charge in [0.15, 0.2) is 11.5 Å². The average Bonchev–Trinajstić information content (AvgIpc) is 2.41. The first-order valence-corrected chi connectivity index (χ1v) is 6.71. The van der Waals surface area contributed by atoms with E-state index in [9.17, 15) is 10.2 Å². The van der Waals surface area contributed by atoms with Crippen molar-refractivity contribution in [1.29, 1.82) is 0 Å². The predicted molar refractivity (Wildman–Crippen MR) is 81.1 cm³/mol. The minimum Gasteiger partial charge on any atom is -0.504 e. The molecule has 0 aromatic heterocycles. The Hall–Kier alpha value is -2.00. The number of aromatic hydroxyl groups is 2. The molecule has 0 amide bonds. The number of benzene rings is 2. The summed E-state index contributed by atoms with van der Waals surface area (Å²) in [5, 5.41) is 19.0. The Morgan fingerprint density at radius 3 is 2.15 bits per heavy atom. The molecular formula is C17H21NO2. The highest BCUT2D eigenvalue weighted by atomic mass is 16.3. The van der Waals surface area contributed by atoms with Gasteiger partial charge in [-0.1, -0.05) is 35.9 Å². The smallest absolute Gasteiger partial charge is 0.157 e. The summed E-state index contributed by atoms with van der Waals surface area (Å²) in [6.45, 7) is 2.08. The van der Waals surface area contributed by atoms with Crippen LogP contribution in [0, 0.1) is 6.92 Å². The first-order chi connectivity index (χ1) is 9.47. The van der Waals surface area contributed by atoms with Gasteiger partial charge in [0.1, 0.15) is 0 Å².